The Balaban J connectivity index is 1.55. The van der Waals surface area contributed by atoms with Gasteiger partial charge in [0, 0.05) is 33.7 Å². The van der Waals surface area contributed by atoms with Gasteiger partial charge in [-0.3, -0.25) is 9.59 Å². The molecule has 1 saturated heterocycles. The monoisotopic (exact) mass is 546 g/mol. The molecule has 36 heavy (non-hydrogen) atoms. The Labute approximate surface area is 215 Å². The summed E-state index contributed by atoms with van der Waals surface area (Å²) in [4.78, 5) is 31.2. The van der Waals surface area contributed by atoms with Crippen LogP contribution in [0.4, 0.5) is 0 Å². The van der Waals surface area contributed by atoms with Crippen molar-refractivity contribution in [1.82, 2.24) is 9.88 Å². The van der Waals surface area contributed by atoms with E-state index >= 15 is 0 Å². The van der Waals surface area contributed by atoms with E-state index in [4.69, 9.17) is 4.74 Å². The molecule has 5 rings (SSSR count). The SMILES string of the molecule is COc1ccc2[nH]cc(CCN3C(=O)C(=O)C(=C(O)c4ccc(Br)cc4)[C@@H]3c3ccc(O)cc3)c2c1. The van der Waals surface area contributed by atoms with E-state index in [9.17, 15) is 19.8 Å². The number of carbonyl (C=O) groups is 2. The average molecular weight is 547 g/mol. The van der Waals surface area contributed by atoms with Crippen LogP contribution >= 0.6 is 15.9 Å². The third-order valence-electron chi connectivity index (χ3n) is 6.46. The number of amides is 1. The van der Waals surface area contributed by atoms with Gasteiger partial charge < -0.3 is 24.8 Å². The van der Waals surface area contributed by atoms with Gasteiger partial charge in [-0.15, -0.1) is 0 Å². The summed E-state index contributed by atoms with van der Waals surface area (Å²) in [6.45, 7) is 0.247. The van der Waals surface area contributed by atoms with Gasteiger partial charge in [-0.1, -0.05) is 40.2 Å². The van der Waals surface area contributed by atoms with Gasteiger partial charge in [0.25, 0.3) is 11.7 Å². The molecule has 1 aliphatic rings. The summed E-state index contributed by atoms with van der Waals surface area (Å²) < 4.78 is 6.17. The topological polar surface area (TPSA) is 103 Å². The van der Waals surface area contributed by atoms with Crippen LogP contribution in [0.25, 0.3) is 16.7 Å². The smallest absolute Gasteiger partial charge is 0.295 e. The van der Waals surface area contributed by atoms with Crippen molar-refractivity contribution >= 4 is 44.3 Å². The van der Waals surface area contributed by atoms with E-state index in [1.54, 1.807) is 43.5 Å². The minimum atomic E-state index is -0.797. The fraction of sp³-hybridized carbons (Fsp3) is 0.143. The predicted octanol–water partition coefficient (Wildman–Crippen LogP) is 5.31. The Morgan fingerprint density at radius 1 is 1.06 bits per heavy atom. The molecule has 0 radical (unpaired) electrons. The highest BCUT2D eigenvalue weighted by atomic mass is 79.9. The minimum Gasteiger partial charge on any atom is -0.508 e. The number of rotatable bonds is 6. The number of nitrogens with zero attached hydrogens (tertiary/aromatic N) is 1. The number of phenolic OH excluding ortho intramolecular Hbond substituents is 1. The quantitative estimate of drug-likeness (QED) is 0.173. The fourth-order valence-electron chi connectivity index (χ4n) is 4.61. The molecule has 4 aromatic rings. The van der Waals surface area contributed by atoms with Gasteiger partial charge in [0.2, 0.25) is 0 Å². The first-order chi connectivity index (χ1) is 17.4. The van der Waals surface area contributed by atoms with Gasteiger partial charge in [0.05, 0.1) is 18.7 Å². The van der Waals surface area contributed by atoms with Crippen LogP contribution in [0.5, 0.6) is 11.5 Å². The van der Waals surface area contributed by atoms with Crippen LogP contribution in [-0.2, 0) is 16.0 Å². The van der Waals surface area contributed by atoms with Crippen LogP contribution < -0.4 is 4.74 Å². The summed E-state index contributed by atoms with van der Waals surface area (Å²) in [7, 11) is 1.61. The van der Waals surface area contributed by atoms with Crippen molar-refractivity contribution in [3.8, 4) is 11.5 Å². The lowest BCUT2D eigenvalue weighted by Gasteiger charge is -2.25. The van der Waals surface area contributed by atoms with Crippen LogP contribution in [0.3, 0.4) is 0 Å². The van der Waals surface area contributed by atoms with E-state index in [2.05, 4.69) is 20.9 Å². The number of methoxy groups -OCH3 is 1. The first kappa shape index (κ1) is 23.7. The number of aromatic nitrogens is 1. The van der Waals surface area contributed by atoms with Crippen molar-refractivity contribution in [1.29, 1.82) is 0 Å². The lowest BCUT2D eigenvalue weighted by molar-refractivity contribution is -0.139. The Morgan fingerprint density at radius 3 is 2.47 bits per heavy atom. The number of aliphatic hydroxyl groups is 1. The molecule has 0 saturated carbocycles. The van der Waals surface area contributed by atoms with Crippen LogP contribution in [0.15, 0.2) is 83.0 Å². The highest BCUT2D eigenvalue weighted by molar-refractivity contribution is 9.10. The molecule has 1 fully saturated rings. The number of likely N-dealkylation sites (tertiary alicyclic amines) is 1. The molecule has 3 N–H and O–H groups in total. The first-order valence-electron chi connectivity index (χ1n) is 11.3. The number of H-pyrrole nitrogens is 1. The van der Waals surface area contributed by atoms with E-state index in [0.717, 1.165) is 26.7 Å². The highest BCUT2D eigenvalue weighted by Gasteiger charge is 2.45. The summed E-state index contributed by atoms with van der Waals surface area (Å²) in [5.41, 5.74) is 2.99. The summed E-state index contributed by atoms with van der Waals surface area (Å²) in [5, 5.41) is 21.9. The van der Waals surface area contributed by atoms with Gasteiger partial charge in [-0.2, -0.15) is 0 Å². The molecule has 0 unspecified atom stereocenters. The molecular formula is C28H23BrN2O5. The third kappa shape index (κ3) is 4.24. The number of aromatic hydroxyl groups is 1. The zero-order chi connectivity index (χ0) is 25.4. The van der Waals surface area contributed by atoms with Crippen LogP contribution in [0, 0.1) is 0 Å². The second-order valence-corrected chi connectivity index (χ2v) is 9.48. The molecule has 1 aliphatic heterocycles. The van der Waals surface area contributed by atoms with Crippen LogP contribution in [0.1, 0.15) is 22.7 Å². The van der Waals surface area contributed by atoms with Crippen molar-refractivity contribution in [3.63, 3.8) is 0 Å². The van der Waals surface area contributed by atoms with Gasteiger partial charge in [-0.25, -0.2) is 0 Å². The van der Waals surface area contributed by atoms with E-state index in [-0.39, 0.29) is 23.6 Å². The summed E-state index contributed by atoms with van der Waals surface area (Å²) in [6, 6.07) is 18.1. The second kappa shape index (κ2) is 9.54. The van der Waals surface area contributed by atoms with Crippen molar-refractivity contribution in [2.45, 2.75) is 12.5 Å². The predicted molar refractivity (Wildman–Crippen MR) is 140 cm³/mol. The zero-order valence-corrected chi connectivity index (χ0v) is 21.0. The number of carbonyl (C=O) groups excluding carboxylic acids is 2. The number of fused-ring (bicyclic) bond motifs is 1. The molecule has 0 spiro atoms. The van der Waals surface area contributed by atoms with Gasteiger partial charge >= 0.3 is 0 Å². The molecule has 8 heteroatoms. The maximum atomic E-state index is 13.2. The third-order valence-corrected chi connectivity index (χ3v) is 6.99. The number of aromatic amines is 1. The minimum absolute atomic E-state index is 0.0219. The molecule has 1 amide bonds. The zero-order valence-electron chi connectivity index (χ0n) is 19.4. The first-order valence-corrected chi connectivity index (χ1v) is 12.1. The largest absolute Gasteiger partial charge is 0.508 e. The van der Waals surface area contributed by atoms with E-state index < -0.39 is 17.7 Å². The summed E-state index contributed by atoms with van der Waals surface area (Å²) >= 11 is 3.37. The molecule has 3 aromatic carbocycles. The Hall–Kier alpha value is -4.04. The van der Waals surface area contributed by atoms with Crippen molar-refractivity contribution in [2.75, 3.05) is 13.7 Å². The number of ketones is 1. The standard InChI is InChI=1S/C28H23BrN2O5/c1-36-21-10-11-23-22(14-21)18(15-30-23)12-13-31-25(16-4-8-20(32)9-5-16)24(27(34)28(31)35)26(33)17-2-6-19(29)7-3-17/h2-11,14-15,25,30,32-33H,12-13H2,1H3/t25-/m0/s1. The number of aliphatic hydroxyl groups excluding tert-OH is 1. The van der Waals surface area contributed by atoms with Gasteiger partial charge in [0.1, 0.15) is 17.3 Å². The van der Waals surface area contributed by atoms with Gasteiger partial charge in [-0.05, 0) is 60.0 Å². The van der Waals surface area contributed by atoms with E-state index in [1.807, 2.05) is 24.4 Å². The molecule has 7 nitrogen and oxygen atoms in total. The number of phenols is 1. The normalized spacial score (nSPS) is 17.2. The molecule has 182 valence electrons. The van der Waals surface area contributed by atoms with Crippen LogP contribution in [0.2, 0.25) is 0 Å². The molecule has 1 atom stereocenters. The molecule has 0 bridgehead atoms. The maximum absolute atomic E-state index is 13.2. The number of ether oxygens (including phenoxy) is 1. The number of benzene rings is 3. The number of halogens is 1. The molecule has 0 aliphatic carbocycles. The molecule has 1 aromatic heterocycles. The Bertz CT molecular complexity index is 1490. The van der Waals surface area contributed by atoms with Crippen LogP contribution in [-0.4, -0.2) is 45.4 Å². The van der Waals surface area contributed by atoms with E-state index in [0.29, 0.717) is 17.5 Å². The second-order valence-electron chi connectivity index (χ2n) is 8.57. The summed E-state index contributed by atoms with van der Waals surface area (Å²) in [6.07, 6.45) is 2.37. The van der Waals surface area contributed by atoms with Crippen molar-refractivity contribution in [2.24, 2.45) is 0 Å². The van der Waals surface area contributed by atoms with Gasteiger partial charge in [0.15, 0.2) is 0 Å². The van der Waals surface area contributed by atoms with E-state index in [1.165, 1.54) is 17.0 Å². The number of nitrogens with one attached hydrogen (secondary N) is 1. The number of hydrogen-bond donors (Lipinski definition) is 3. The average Bonchev–Trinajstić information content (AvgIpc) is 3.40. The fourth-order valence-corrected chi connectivity index (χ4v) is 4.87. The lowest BCUT2D eigenvalue weighted by atomic mass is 9.95. The number of hydrogen-bond acceptors (Lipinski definition) is 5. The Kier molecular flexibility index (Phi) is 6.28. The maximum Gasteiger partial charge on any atom is 0.295 e. The molecular weight excluding hydrogens is 524 g/mol. The summed E-state index contributed by atoms with van der Waals surface area (Å²) in [5.74, 6) is -0.866. The Morgan fingerprint density at radius 2 is 1.78 bits per heavy atom. The number of Topliss-reactive ketones (excluding diaryl/α,β-unsaturated/α-hetero) is 1. The highest BCUT2D eigenvalue weighted by Crippen LogP contribution is 2.40. The van der Waals surface area contributed by atoms with Crippen molar-refractivity contribution in [3.05, 3.63) is 99.7 Å². The van der Waals surface area contributed by atoms with Crippen molar-refractivity contribution < 1.29 is 24.5 Å². The lowest BCUT2D eigenvalue weighted by Crippen LogP contribution is -2.31. The molecule has 2 heterocycles.